The molecule has 0 heterocycles. The first-order valence-corrected chi connectivity index (χ1v) is 12.6. The van der Waals surface area contributed by atoms with Gasteiger partial charge in [0.25, 0.3) is 0 Å². The maximum Gasteiger partial charge on any atom is 0.0543 e. The van der Waals surface area contributed by atoms with Crippen LogP contribution in [0.5, 0.6) is 0 Å². The van der Waals surface area contributed by atoms with Crippen LogP contribution >= 0.6 is 0 Å². The molecule has 27 heavy (non-hydrogen) atoms. The summed E-state index contributed by atoms with van der Waals surface area (Å²) in [5.74, 6) is 4.68. The van der Waals surface area contributed by atoms with Gasteiger partial charge >= 0.3 is 0 Å². The molecule has 0 saturated heterocycles. The number of aliphatic hydroxyl groups excluding tert-OH is 1. The maximum atomic E-state index is 9.92. The van der Waals surface area contributed by atoms with E-state index in [0.717, 1.165) is 42.4 Å². The van der Waals surface area contributed by atoms with E-state index in [4.69, 9.17) is 0 Å². The Morgan fingerprint density at radius 2 is 1.33 bits per heavy atom. The SMILES string of the molecule is CC.CC.CCC1(C)CCC2C3CCC(O)CC3CCC2C1C.CCCC. The molecule has 1 nitrogen and oxygen atoms in total. The van der Waals surface area contributed by atoms with E-state index in [1.54, 1.807) is 0 Å². The predicted octanol–water partition coefficient (Wildman–Crippen LogP) is 8.49. The Labute approximate surface area is 173 Å². The van der Waals surface area contributed by atoms with Crippen molar-refractivity contribution < 1.29 is 5.11 Å². The third-order valence-electron chi connectivity index (χ3n) is 8.08. The fourth-order valence-corrected chi connectivity index (χ4v) is 5.88. The van der Waals surface area contributed by atoms with Gasteiger partial charge in [0, 0.05) is 0 Å². The highest BCUT2D eigenvalue weighted by Gasteiger charge is 2.49. The fraction of sp³-hybridized carbons (Fsp3) is 1.00. The summed E-state index contributed by atoms with van der Waals surface area (Å²) in [6.07, 6.45) is 13.2. The van der Waals surface area contributed by atoms with Gasteiger partial charge in [0.2, 0.25) is 0 Å². The maximum absolute atomic E-state index is 9.92. The number of hydrogen-bond acceptors (Lipinski definition) is 1. The van der Waals surface area contributed by atoms with E-state index in [0.29, 0.717) is 5.41 Å². The van der Waals surface area contributed by atoms with Gasteiger partial charge in [-0.3, -0.25) is 0 Å². The van der Waals surface area contributed by atoms with E-state index in [2.05, 4.69) is 34.6 Å². The molecule has 3 rings (SSSR count). The van der Waals surface area contributed by atoms with Crippen LogP contribution < -0.4 is 0 Å². The van der Waals surface area contributed by atoms with E-state index in [1.807, 2.05) is 27.7 Å². The summed E-state index contributed by atoms with van der Waals surface area (Å²) in [4.78, 5) is 0. The second-order valence-electron chi connectivity index (χ2n) is 9.13. The molecule has 7 unspecified atom stereocenters. The molecule has 164 valence electrons. The highest BCUT2D eigenvalue weighted by molar-refractivity contribution is 4.99. The molecule has 0 radical (unpaired) electrons. The van der Waals surface area contributed by atoms with Crippen molar-refractivity contribution in [3.05, 3.63) is 0 Å². The Kier molecular flexibility index (Phi) is 14.0. The summed E-state index contributed by atoms with van der Waals surface area (Å²) in [6, 6.07) is 0. The summed E-state index contributed by atoms with van der Waals surface area (Å²) in [6.45, 7) is 19.8. The summed E-state index contributed by atoms with van der Waals surface area (Å²) in [5.41, 5.74) is 0.599. The number of fused-ring (bicyclic) bond motifs is 3. The number of unbranched alkanes of at least 4 members (excludes halogenated alkanes) is 1. The smallest absolute Gasteiger partial charge is 0.0543 e. The normalized spacial score (nSPS) is 39.8. The van der Waals surface area contributed by atoms with Gasteiger partial charge in [0.15, 0.2) is 0 Å². The minimum atomic E-state index is 0.0136. The minimum Gasteiger partial charge on any atom is -0.393 e. The zero-order valence-electron chi connectivity index (χ0n) is 20.5. The van der Waals surface area contributed by atoms with Gasteiger partial charge in [0.05, 0.1) is 6.10 Å². The lowest BCUT2D eigenvalue weighted by molar-refractivity contribution is -0.0736. The van der Waals surface area contributed by atoms with Crippen molar-refractivity contribution >= 4 is 0 Å². The molecule has 1 N–H and O–H groups in total. The van der Waals surface area contributed by atoms with Crippen LogP contribution in [0.15, 0.2) is 0 Å². The number of aliphatic hydroxyl groups is 1. The van der Waals surface area contributed by atoms with Crippen molar-refractivity contribution in [1.82, 2.24) is 0 Å². The molecule has 0 aromatic rings. The second-order valence-corrected chi connectivity index (χ2v) is 9.13. The van der Waals surface area contributed by atoms with Gasteiger partial charge in [-0.2, -0.15) is 0 Å². The Balaban J connectivity index is 0.000000737. The Morgan fingerprint density at radius 3 is 1.85 bits per heavy atom. The zero-order chi connectivity index (χ0) is 21.0. The molecule has 0 aromatic heterocycles. The molecule has 3 fully saturated rings. The standard InChI is InChI=1S/C18H32O.C4H10.2C2H6/c1-4-18(3)10-9-17-15(12(18)2)7-5-13-11-14(19)6-8-16(13)17;1-3-4-2;2*1-2/h12-17,19H,4-11H2,1-3H3;3-4H2,1-2H3;2*1-2H3. The van der Waals surface area contributed by atoms with E-state index in [-0.39, 0.29) is 6.10 Å². The van der Waals surface area contributed by atoms with E-state index in [9.17, 15) is 5.11 Å². The van der Waals surface area contributed by atoms with Crippen LogP contribution in [0.25, 0.3) is 0 Å². The minimum absolute atomic E-state index is 0.0136. The highest BCUT2D eigenvalue weighted by atomic mass is 16.3. The van der Waals surface area contributed by atoms with Gasteiger partial charge in [0.1, 0.15) is 0 Å². The summed E-state index contributed by atoms with van der Waals surface area (Å²) in [5, 5.41) is 9.92. The summed E-state index contributed by atoms with van der Waals surface area (Å²) < 4.78 is 0. The first-order valence-electron chi connectivity index (χ1n) is 12.6. The molecular formula is C26H54O. The van der Waals surface area contributed by atoms with E-state index >= 15 is 0 Å². The molecule has 0 aromatic carbocycles. The average Bonchev–Trinajstić information content (AvgIpc) is 2.73. The number of rotatable bonds is 2. The topological polar surface area (TPSA) is 20.2 Å². The van der Waals surface area contributed by atoms with Crippen LogP contribution in [0.4, 0.5) is 0 Å². The van der Waals surface area contributed by atoms with Crippen LogP contribution in [0.3, 0.4) is 0 Å². The first kappa shape index (κ1) is 27.0. The quantitative estimate of drug-likeness (QED) is 0.507. The third kappa shape index (κ3) is 7.06. The molecule has 0 bridgehead atoms. The molecule has 0 amide bonds. The van der Waals surface area contributed by atoms with Crippen LogP contribution in [0, 0.1) is 35.0 Å². The zero-order valence-corrected chi connectivity index (χ0v) is 20.5. The van der Waals surface area contributed by atoms with Gasteiger partial charge in [-0.1, -0.05) is 81.6 Å². The van der Waals surface area contributed by atoms with Gasteiger partial charge in [-0.05, 0) is 80.0 Å². The van der Waals surface area contributed by atoms with Gasteiger partial charge in [-0.25, -0.2) is 0 Å². The first-order chi connectivity index (χ1) is 13.0. The van der Waals surface area contributed by atoms with Crippen molar-refractivity contribution in [1.29, 1.82) is 0 Å². The molecule has 1 heteroatoms. The Morgan fingerprint density at radius 1 is 0.778 bits per heavy atom. The van der Waals surface area contributed by atoms with Crippen LogP contribution in [-0.2, 0) is 0 Å². The lowest BCUT2D eigenvalue weighted by atomic mass is 9.50. The van der Waals surface area contributed by atoms with Gasteiger partial charge < -0.3 is 5.11 Å². The second kappa shape index (κ2) is 14.0. The van der Waals surface area contributed by atoms with Crippen molar-refractivity contribution in [2.75, 3.05) is 0 Å². The van der Waals surface area contributed by atoms with Crippen LogP contribution in [-0.4, -0.2) is 11.2 Å². The monoisotopic (exact) mass is 382 g/mol. The van der Waals surface area contributed by atoms with Crippen molar-refractivity contribution in [2.24, 2.45) is 35.0 Å². The average molecular weight is 383 g/mol. The lowest BCUT2D eigenvalue weighted by Crippen LogP contribution is -2.48. The fourth-order valence-electron chi connectivity index (χ4n) is 5.88. The highest BCUT2D eigenvalue weighted by Crippen LogP contribution is 2.58. The molecule has 3 aliphatic carbocycles. The van der Waals surface area contributed by atoms with Crippen LogP contribution in [0.2, 0.25) is 0 Å². The Hall–Kier alpha value is -0.0400. The molecule has 7 atom stereocenters. The lowest BCUT2D eigenvalue weighted by Gasteiger charge is -2.56. The molecule has 0 spiro atoms. The Bertz CT molecular complexity index is 350. The largest absolute Gasteiger partial charge is 0.393 e. The van der Waals surface area contributed by atoms with Crippen molar-refractivity contribution in [2.45, 2.75) is 133 Å². The summed E-state index contributed by atoms with van der Waals surface area (Å²) >= 11 is 0. The summed E-state index contributed by atoms with van der Waals surface area (Å²) in [7, 11) is 0. The molecular weight excluding hydrogens is 328 g/mol. The molecule has 0 aliphatic heterocycles. The predicted molar refractivity (Wildman–Crippen MR) is 123 cm³/mol. The van der Waals surface area contributed by atoms with Crippen LogP contribution in [0.1, 0.15) is 127 Å². The van der Waals surface area contributed by atoms with E-state index < -0.39 is 0 Å². The van der Waals surface area contributed by atoms with E-state index in [1.165, 1.54) is 51.4 Å². The molecule has 3 saturated carbocycles. The third-order valence-corrected chi connectivity index (χ3v) is 8.08. The number of hydrogen-bond donors (Lipinski definition) is 1. The van der Waals surface area contributed by atoms with Crippen molar-refractivity contribution in [3.63, 3.8) is 0 Å². The van der Waals surface area contributed by atoms with Crippen molar-refractivity contribution in [3.8, 4) is 0 Å². The van der Waals surface area contributed by atoms with Gasteiger partial charge in [-0.15, -0.1) is 0 Å². The molecule has 3 aliphatic rings.